The van der Waals surface area contributed by atoms with E-state index in [1.54, 1.807) is 6.20 Å². The average molecular weight is 309 g/mol. The van der Waals surface area contributed by atoms with Gasteiger partial charge in [-0.1, -0.05) is 17.7 Å². The second-order valence-electron chi connectivity index (χ2n) is 5.24. The molecule has 0 spiro atoms. The fourth-order valence-electron chi connectivity index (χ4n) is 2.50. The molecule has 0 saturated carbocycles. The van der Waals surface area contributed by atoms with Crippen molar-refractivity contribution >= 4 is 34.3 Å². The third-order valence-electron chi connectivity index (χ3n) is 3.65. The third-order valence-corrected chi connectivity index (χ3v) is 5.22. The van der Waals surface area contributed by atoms with Gasteiger partial charge in [0, 0.05) is 35.4 Å². The number of thioether (sulfide) groups is 1. The number of benzene rings is 1. The molecule has 0 amide bonds. The summed E-state index contributed by atoms with van der Waals surface area (Å²) >= 11 is 8.00. The Hall–Kier alpha value is -0.810. The molecular formula is C15H17ClN2OS. The summed E-state index contributed by atoms with van der Waals surface area (Å²) in [5.74, 6) is 1.86. The van der Waals surface area contributed by atoms with E-state index in [0.717, 1.165) is 39.4 Å². The second kappa shape index (κ2) is 5.90. The molecule has 0 radical (unpaired) electrons. The lowest BCUT2D eigenvalue weighted by Crippen LogP contribution is -2.40. The minimum atomic E-state index is -0.555. The summed E-state index contributed by atoms with van der Waals surface area (Å²) in [6, 6.07) is 7.78. The summed E-state index contributed by atoms with van der Waals surface area (Å²) in [5, 5.41) is 15.4. The van der Waals surface area contributed by atoms with Crippen LogP contribution in [0.5, 0.6) is 0 Å². The van der Waals surface area contributed by atoms with Crippen molar-refractivity contribution in [2.24, 2.45) is 0 Å². The molecule has 2 heterocycles. The van der Waals surface area contributed by atoms with E-state index in [9.17, 15) is 5.11 Å². The quantitative estimate of drug-likeness (QED) is 0.911. The zero-order chi connectivity index (χ0) is 14.0. The van der Waals surface area contributed by atoms with Crippen molar-refractivity contribution in [2.45, 2.75) is 18.6 Å². The molecule has 20 heavy (non-hydrogen) atoms. The summed E-state index contributed by atoms with van der Waals surface area (Å²) < 4.78 is 0. The Bertz CT molecular complexity index is 614. The number of nitrogens with zero attached hydrogens (tertiary/aromatic N) is 1. The van der Waals surface area contributed by atoms with E-state index in [1.807, 2.05) is 36.0 Å². The van der Waals surface area contributed by atoms with Crippen LogP contribution in [0.3, 0.4) is 0 Å². The van der Waals surface area contributed by atoms with Crippen LogP contribution < -0.4 is 5.32 Å². The monoisotopic (exact) mass is 308 g/mol. The fraction of sp³-hybridized carbons (Fsp3) is 0.400. The van der Waals surface area contributed by atoms with Crippen molar-refractivity contribution in [3.8, 4) is 0 Å². The average Bonchev–Trinajstić information content (AvgIpc) is 2.89. The minimum absolute atomic E-state index is 0.555. The molecule has 106 valence electrons. The summed E-state index contributed by atoms with van der Waals surface area (Å²) in [6.07, 6.45) is 2.65. The molecule has 0 aliphatic carbocycles. The van der Waals surface area contributed by atoms with Crippen LogP contribution in [0.25, 0.3) is 10.9 Å². The van der Waals surface area contributed by atoms with E-state index < -0.39 is 5.60 Å². The summed E-state index contributed by atoms with van der Waals surface area (Å²) in [4.78, 5) is 4.42. The Balaban J connectivity index is 1.73. The van der Waals surface area contributed by atoms with Crippen LogP contribution in [0.15, 0.2) is 30.5 Å². The Morgan fingerprint density at radius 2 is 2.30 bits per heavy atom. The summed E-state index contributed by atoms with van der Waals surface area (Å²) in [5.41, 5.74) is 1.49. The van der Waals surface area contributed by atoms with Crippen molar-refractivity contribution in [3.63, 3.8) is 0 Å². The van der Waals surface area contributed by atoms with Crippen LogP contribution in [0.4, 0.5) is 0 Å². The van der Waals surface area contributed by atoms with Crippen LogP contribution in [-0.4, -0.2) is 33.7 Å². The molecule has 1 aliphatic heterocycles. The molecule has 2 aromatic rings. The topological polar surface area (TPSA) is 45.1 Å². The minimum Gasteiger partial charge on any atom is -0.388 e. The molecular weight excluding hydrogens is 292 g/mol. The van der Waals surface area contributed by atoms with Gasteiger partial charge >= 0.3 is 0 Å². The Labute approximate surface area is 127 Å². The van der Waals surface area contributed by atoms with Crippen molar-refractivity contribution in [3.05, 3.63) is 41.0 Å². The van der Waals surface area contributed by atoms with Crippen LogP contribution in [-0.2, 0) is 6.54 Å². The maximum atomic E-state index is 10.3. The van der Waals surface area contributed by atoms with Gasteiger partial charge in [0.05, 0.1) is 11.1 Å². The molecule has 3 rings (SSSR count). The first-order valence-corrected chi connectivity index (χ1v) is 8.24. The zero-order valence-corrected chi connectivity index (χ0v) is 12.7. The molecule has 0 bridgehead atoms. The van der Waals surface area contributed by atoms with Gasteiger partial charge in [-0.05, 0) is 35.9 Å². The van der Waals surface area contributed by atoms with Crippen molar-refractivity contribution < 1.29 is 5.11 Å². The van der Waals surface area contributed by atoms with E-state index in [4.69, 9.17) is 11.6 Å². The number of aliphatic hydroxyl groups is 1. The Morgan fingerprint density at radius 1 is 1.40 bits per heavy atom. The SMILES string of the molecule is OC1(CNCc2ccc(Cl)c3cccnc23)CCSC1. The molecule has 1 atom stereocenters. The van der Waals surface area contributed by atoms with E-state index >= 15 is 0 Å². The number of aromatic nitrogens is 1. The van der Waals surface area contributed by atoms with Crippen LogP contribution >= 0.6 is 23.4 Å². The molecule has 1 aliphatic rings. The molecule has 2 N–H and O–H groups in total. The van der Waals surface area contributed by atoms with Gasteiger partial charge in [0.25, 0.3) is 0 Å². The van der Waals surface area contributed by atoms with Crippen LogP contribution in [0.1, 0.15) is 12.0 Å². The first kappa shape index (κ1) is 14.1. The lowest BCUT2D eigenvalue weighted by atomic mass is 10.0. The largest absolute Gasteiger partial charge is 0.388 e. The normalized spacial score (nSPS) is 22.5. The Kier molecular flexibility index (Phi) is 4.17. The van der Waals surface area contributed by atoms with Crippen molar-refractivity contribution in [1.82, 2.24) is 10.3 Å². The van der Waals surface area contributed by atoms with E-state index in [-0.39, 0.29) is 0 Å². The van der Waals surface area contributed by atoms with Crippen LogP contribution in [0.2, 0.25) is 5.02 Å². The number of rotatable bonds is 4. The highest BCUT2D eigenvalue weighted by Gasteiger charge is 2.31. The number of fused-ring (bicyclic) bond motifs is 1. The predicted molar refractivity (Wildman–Crippen MR) is 85.4 cm³/mol. The summed E-state index contributed by atoms with van der Waals surface area (Å²) in [7, 11) is 0. The fourth-order valence-corrected chi connectivity index (χ4v) is 4.02. The lowest BCUT2D eigenvalue weighted by molar-refractivity contribution is 0.0675. The Morgan fingerprint density at radius 3 is 3.10 bits per heavy atom. The number of nitrogens with one attached hydrogen (secondary N) is 1. The first-order valence-electron chi connectivity index (χ1n) is 6.71. The van der Waals surface area contributed by atoms with Gasteiger partial charge < -0.3 is 10.4 Å². The number of halogens is 1. The smallest absolute Gasteiger partial charge is 0.0869 e. The van der Waals surface area contributed by atoms with E-state index in [2.05, 4.69) is 10.3 Å². The van der Waals surface area contributed by atoms with Gasteiger partial charge in [-0.2, -0.15) is 11.8 Å². The number of hydrogen-bond donors (Lipinski definition) is 2. The van der Waals surface area contributed by atoms with Gasteiger partial charge in [0.1, 0.15) is 0 Å². The summed E-state index contributed by atoms with van der Waals surface area (Å²) in [6.45, 7) is 1.31. The highest BCUT2D eigenvalue weighted by atomic mass is 35.5. The number of pyridine rings is 1. The molecule has 1 unspecified atom stereocenters. The molecule has 5 heteroatoms. The van der Waals surface area contributed by atoms with Gasteiger partial charge in [-0.15, -0.1) is 0 Å². The zero-order valence-electron chi connectivity index (χ0n) is 11.1. The molecule has 1 aromatic heterocycles. The van der Waals surface area contributed by atoms with Crippen LogP contribution in [0, 0.1) is 0 Å². The van der Waals surface area contributed by atoms with Crippen molar-refractivity contribution in [2.75, 3.05) is 18.1 Å². The van der Waals surface area contributed by atoms with Gasteiger partial charge in [-0.25, -0.2) is 0 Å². The van der Waals surface area contributed by atoms with Gasteiger partial charge in [-0.3, -0.25) is 4.98 Å². The molecule has 3 nitrogen and oxygen atoms in total. The van der Waals surface area contributed by atoms with Crippen molar-refractivity contribution in [1.29, 1.82) is 0 Å². The van der Waals surface area contributed by atoms with E-state index in [0.29, 0.717) is 13.1 Å². The molecule has 1 fully saturated rings. The second-order valence-corrected chi connectivity index (χ2v) is 6.75. The standard InChI is InChI=1S/C15H17ClN2OS/c16-13-4-3-11(14-12(13)2-1-6-18-14)8-17-9-15(19)5-7-20-10-15/h1-4,6,17,19H,5,7-10H2. The highest BCUT2D eigenvalue weighted by molar-refractivity contribution is 7.99. The highest BCUT2D eigenvalue weighted by Crippen LogP contribution is 2.28. The van der Waals surface area contributed by atoms with Gasteiger partial charge in [0.2, 0.25) is 0 Å². The van der Waals surface area contributed by atoms with Gasteiger partial charge in [0.15, 0.2) is 0 Å². The predicted octanol–water partition coefficient (Wildman–Crippen LogP) is 2.85. The van der Waals surface area contributed by atoms with E-state index in [1.165, 1.54) is 0 Å². The molecule has 1 aromatic carbocycles. The maximum Gasteiger partial charge on any atom is 0.0869 e. The first-order chi connectivity index (χ1) is 9.68. The maximum absolute atomic E-state index is 10.3. The lowest BCUT2D eigenvalue weighted by Gasteiger charge is -2.21. The third kappa shape index (κ3) is 2.93. The number of hydrogen-bond acceptors (Lipinski definition) is 4. The molecule has 1 saturated heterocycles.